The number of anilines is 1. The van der Waals surface area contributed by atoms with Crippen molar-refractivity contribution in [2.45, 2.75) is 17.4 Å². The quantitative estimate of drug-likeness (QED) is 0.647. The van der Waals surface area contributed by atoms with Gasteiger partial charge in [0.05, 0.1) is 17.0 Å². The summed E-state index contributed by atoms with van der Waals surface area (Å²) in [5.74, 6) is -1.68. The van der Waals surface area contributed by atoms with Crippen molar-refractivity contribution in [3.63, 3.8) is 0 Å². The Morgan fingerprint density at radius 2 is 2.11 bits per heavy atom. The van der Waals surface area contributed by atoms with Crippen LogP contribution in [-0.4, -0.2) is 36.0 Å². The fourth-order valence-electron chi connectivity index (χ4n) is 1.68. The monoisotopic (exact) mass is 286 g/mol. The predicted molar refractivity (Wildman–Crippen MR) is 62.9 cm³/mol. The molecule has 1 aromatic carbocycles. The van der Waals surface area contributed by atoms with Crippen LogP contribution < -0.4 is 10.4 Å². The number of carbonyl (C=O) groups excluding carboxylic acids is 1. The summed E-state index contributed by atoms with van der Waals surface area (Å²) in [6, 6.07) is 3.94. The lowest BCUT2D eigenvalue weighted by Gasteiger charge is -2.17. The molecule has 1 saturated heterocycles. The maximum atomic E-state index is 11.6. The normalized spacial score (nSPS) is 19.7. The van der Waals surface area contributed by atoms with E-state index in [0.717, 1.165) is 17.1 Å². The summed E-state index contributed by atoms with van der Waals surface area (Å²) in [5.41, 5.74) is 2.59. The average molecular weight is 286 g/mol. The largest absolute Gasteiger partial charge is 0.480 e. The molecule has 0 spiro atoms. The third-order valence-electron chi connectivity index (χ3n) is 2.58. The van der Waals surface area contributed by atoms with Gasteiger partial charge in [-0.1, -0.05) is 6.07 Å². The van der Waals surface area contributed by atoms with Crippen LogP contribution in [0.25, 0.3) is 0 Å². The second-order valence-corrected chi connectivity index (χ2v) is 5.35. The molecule has 2 rings (SSSR count). The fourth-order valence-corrected chi connectivity index (χ4v) is 2.20. The summed E-state index contributed by atoms with van der Waals surface area (Å²) in [6.07, 6.45) is -0.231. The number of benzene rings is 1. The van der Waals surface area contributed by atoms with E-state index in [-0.39, 0.29) is 17.0 Å². The van der Waals surface area contributed by atoms with E-state index in [0.29, 0.717) is 0 Å². The number of hydrogen-bond acceptors (Lipinski definition) is 5. The Labute approximate surface area is 108 Å². The molecule has 0 bridgehead atoms. The van der Waals surface area contributed by atoms with E-state index >= 15 is 0 Å². The number of hydrazine groups is 1. The standard InChI is InChI=1S/C10H10N2O6S/c13-9-5-8(10(14)15)11-12(9)6-2-1-3-7(4-6)19(16,17)18/h1-4,8,11H,5H2,(H,14,15)(H,16,17,18). The molecule has 9 heteroatoms. The lowest BCUT2D eigenvalue weighted by molar-refractivity contribution is -0.139. The molecule has 8 nitrogen and oxygen atoms in total. The number of amides is 1. The van der Waals surface area contributed by atoms with Crippen LogP contribution in [0.2, 0.25) is 0 Å². The second-order valence-electron chi connectivity index (χ2n) is 3.93. The first-order valence-corrected chi connectivity index (χ1v) is 6.62. The van der Waals surface area contributed by atoms with Crippen LogP contribution >= 0.6 is 0 Å². The SMILES string of the molecule is O=C(O)C1CC(=O)N(c2cccc(S(=O)(=O)O)c2)N1. The van der Waals surface area contributed by atoms with E-state index in [9.17, 15) is 18.0 Å². The van der Waals surface area contributed by atoms with Gasteiger partial charge in [0.2, 0.25) is 5.91 Å². The van der Waals surface area contributed by atoms with Gasteiger partial charge in [0.15, 0.2) is 0 Å². The van der Waals surface area contributed by atoms with Crippen molar-refractivity contribution in [3.8, 4) is 0 Å². The van der Waals surface area contributed by atoms with E-state index in [2.05, 4.69) is 5.43 Å². The molecule has 0 aromatic heterocycles. The first-order valence-electron chi connectivity index (χ1n) is 5.18. The zero-order valence-electron chi connectivity index (χ0n) is 9.48. The van der Waals surface area contributed by atoms with Crippen molar-refractivity contribution in [2.75, 3.05) is 5.01 Å². The molecule has 0 saturated carbocycles. The van der Waals surface area contributed by atoms with Gasteiger partial charge in [-0.25, -0.2) is 10.4 Å². The van der Waals surface area contributed by atoms with E-state index in [1.54, 1.807) is 0 Å². The Hall–Kier alpha value is -1.97. The zero-order valence-corrected chi connectivity index (χ0v) is 10.3. The molecular weight excluding hydrogens is 276 g/mol. The van der Waals surface area contributed by atoms with Gasteiger partial charge in [0.1, 0.15) is 6.04 Å². The molecule has 1 unspecified atom stereocenters. The van der Waals surface area contributed by atoms with Crippen LogP contribution in [-0.2, 0) is 19.7 Å². The molecule has 1 amide bonds. The lowest BCUT2D eigenvalue weighted by atomic mass is 10.2. The van der Waals surface area contributed by atoms with Gasteiger partial charge in [0, 0.05) is 0 Å². The summed E-state index contributed by atoms with van der Waals surface area (Å²) >= 11 is 0. The van der Waals surface area contributed by atoms with Crippen LogP contribution in [0.5, 0.6) is 0 Å². The highest BCUT2D eigenvalue weighted by atomic mass is 32.2. The van der Waals surface area contributed by atoms with E-state index in [1.165, 1.54) is 12.1 Å². The van der Waals surface area contributed by atoms with Crippen LogP contribution in [0, 0.1) is 0 Å². The van der Waals surface area contributed by atoms with Gasteiger partial charge in [-0.15, -0.1) is 0 Å². The number of carboxylic acids is 1. The van der Waals surface area contributed by atoms with Gasteiger partial charge in [-0.2, -0.15) is 8.42 Å². The van der Waals surface area contributed by atoms with Crippen LogP contribution in [0.15, 0.2) is 29.2 Å². The summed E-state index contributed by atoms with van der Waals surface area (Å²) in [6.45, 7) is 0. The van der Waals surface area contributed by atoms with Crippen LogP contribution in [0.4, 0.5) is 5.69 Å². The molecule has 1 fully saturated rings. The third-order valence-corrected chi connectivity index (χ3v) is 3.43. The van der Waals surface area contributed by atoms with Crippen molar-refractivity contribution >= 4 is 27.7 Å². The molecule has 3 N–H and O–H groups in total. The molecule has 0 radical (unpaired) electrons. The lowest BCUT2D eigenvalue weighted by Crippen LogP contribution is -2.40. The van der Waals surface area contributed by atoms with Crippen molar-refractivity contribution < 1.29 is 27.7 Å². The van der Waals surface area contributed by atoms with E-state index in [1.807, 2.05) is 0 Å². The first-order chi connectivity index (χ1) is 8.79. The van der Waals surface area contributed by atoms with Gasteiger partial charge >= 0.3 is 5.97 Å². The van der Waals surface area contributed by atoms with Gasteiger partial charge < -0.3 is 5.11 Å². The van der Waals surface area contributed by atoms with Crippen molar-refractivity contribution in [2.24, 2.45) is 0 Å². The topological polar surface area (TPSA) is 124 Å². The highest BCUT2D eigenvalue weighted by Gasteiger charge is 2.34. The molecule has 1 atom stereocenters. The average Bonchev–Trinajstić information content (AvgIpc) is 2.71. The number of hydrogen-bond donors (Lipinski definition) is 3. The highest BCUT2D eigenvalue weighted by Crippen LogP contribution is 2.22. The number of nitrogens with zero attached hydrogens (tertiary/aromatic N) is 1. The molecular formula is C10H10N2O6S. The molecule has 102 valence electrons. The Balaban J connectivity index is 2.33. The minimum Gasteiger partial charge on any atom is -0.480 e. The highest BCUT2D eigenvalue weighted by molar-refractivity contribution is 7.85. The Morgan fingerprint density at radius 3 is 2.63 bits per heavy atom. The molecule has 1 aliphatic heterocycles. The fraction of sp³-hybridized carbons (Fsp3) is 0.200. The van der Waals surface area contributed by atoms with Crippen molar-refractivity contribution in [1.82, 2.24) is 5.43 Å². The Kier molecular flexibility index (Phi) is 3.27. The number of carboxylic acid groups (broad SMARTS) is 1. The minimum absolute atomic E-state index is 0.142. The van der Waals surface area contributed by atoms with Crippen molar-refractivity contribution in [1.29, 1.82) is 0 Å². The van der Waals surface area contributed by atoms with E-state index in [4.69, 9.17) is 9.66 Å². The van der Waals surface area contributed by atoms with Gasteiger partial charge in [-0.3, -0.25) is 14.1 Å². The third kappa shape index (κ3) is 2.72. The van der Waals surface area contributed by atoms with Gasteiger partial charge in [0.25, 0.3) is 10.1 Å². The van der Waals surface area contributed by atoms with E-state index < -0.39 is 28.0 Å². The molecule has 1 aromatic rings. The molecule has 0 aliphatic carbocycles. The van der Waals surface area contributed by atoms with Crippen molar-refractivity contribution in [3.05, 3.63) is 24.3 Å². The predicted octanol–water partition coefficient (Wildman–Crippen LogP) is -0.372. The number of aliphatic carboxylic acids is 1. The van der Waals surface area contributed by atoms with Crippen LogP contribution in [0.1, 0.15) is 6.42 Å². The molecule has 1 aliphatic rings. The zero-order chi connectivity index (χ0) is 14.2. The maximum absolute atomic E-state index is 11.6. The smallest absolute Gasteiger partial charge is 0.323 e. The number of carbonyl (C=O) groups is 2. The van der Waals surface area contributed by atoms with Gasteiger partial charge in [-0.05, 0) is 18.2 Å². The second kappa shape index (κ2) is 4.61. The summed E-state index contributed by atoms with van der Waals surface area (Å²) in [4.78, 5) is 22.0. The Bertz CT molecular complexity index is 641. The number of rotatable bonds is 3. The summed E-state index contributed by atoms with van der Waals surface area (Å²) < 4.78 is 30.9. The van der Waals surface area contributed by atoms with Crippen LogP contribution in [0.3, 0.4) is 0 Å². The minimum atomic E-state index is -4.38. The summed E-state index contributed by atoms with van der Waals surface area (Å²) in [5, 5.41) is 9.75. The molecule has 19 heavy (non-hydrogen) atoms. The number of nitrogens with one attached hydrogen (secondary N) is 1. The maximum Gasteiger partial charge on any atom is 0.323 e. The summed E-state index contributed by atoms with van der Waals surface area (Å²) in [7, 11) is -4.38. The molecule has 1 heterocycles. The Morgan fingerprint density at radius 1 is 1.42 bits per heavy atom. The first kappa shape index (κ1) is 13.5.